The molecule has 2 aliphatic heterocycles. The Bertz CT molecular complexity index is 122. The average molecular weight is 142 g/mol. The van der Waals surface area contributed by atoms with Gasteiger partial charge in [-0.25, -0.2) is 0 Å². The summed E-state index contributed by atoms with van der Waals surface area (Å²) in [5, 5.41) is 0. The zero-order valence-corrected chi connectivity index (χ0v) is 6.38. The van der Waals surface area contributed by atoms with Crippen molar-refractivity contribution >= 4 is 0 Å². The Labute approximate surface area is 61.5 Å². The van der Waals surface area contributed by atoms with Gasteiger partial charge in [-0.3, -0.25) is 0 Å². The van der Waals surface area contributed by atoms with E-state index in [1.807, 2.05) is 0 Å². The summed E-state index contributed by atoms with van der Waals surface area (Å²) in [7, 11) is 0. The minimum atomic E-state index is 0.411. The lowest BCUT2D eigenvalue weighted by atomic mass is 9.99. The smallest absolute Gasteiger partial charge is 0.0884 e. The second-order valence-electron chi connectivity index (χ2n) is 3.33. The second-order valence-corrected chi connectivity index (χ2v) is 3.33. The molecule has 3 atom stereocenters. The van der Waals surface area contributed by atoms with Gasteiger partial charge in [0.15, 0.2) is 0 Å². The largest absolute Gasteiger partial charge is 0.375 e. The van der Waals surface area contributed by atoms with Crippen LogP contribution in [0.25, 0.3) is 0 Å². The van der Waals surface area contributed by atoms with Crippen molar-refractivity contribution in [2.24, 2.45) is 5.92 Å². The minimum absolute atomic E-state index is 0.411. The molecule has 0 amide bonds. The highest BCUT2D eigenvalue weighted by Gasteiger charge is 2.36. The van der Waals surface area contributed by atoms with E-state index in [-0.39, 0.29) is 0 Å². The van der Waals surface area contributed by atoms with E-state index in [0.29, 0.717) is 18.1 Å². The first-order valence-corrected chi connectivity index (χ1v) is 4.11. The van der Waals surface area contributed by atoms with Crippen LogP contribution in [0.1, 0.15) is 19.8 Å². The molecule has 0 unspecified atom stereocenters. The molecule has 2 fully saturated rings. The lowest BCUT2D eigenvalue weighted by molar-refractivity contribution is -0.0539. The van der Waals surface area contributed by atoms with Crippen molar-refractivity contribution in [3.8, 4) is 0 Å². The Kier molecular flexibility index (Phi) is 1.66. The van der Waals surface area contributed by atoms with Crippen LogP contribution in [0.4, 0.5) is 0 Å². The second kappa shape index (κ2) is 2.51. The molecule has 58 valence electrons. The molecule has 0 saturated carbocycles. The first kappa shape index (κ1) is 6.62. The van der Waals surface area contributed by atoms with E-state index < -0.39 is 0 Å². The molecule has 2 nitrogen and oxygen atoms in total. The highest BCUT2D eigenvalue weighted by molar-refractivity contribution is 4.84. The van der Waals surface area contributed by atoms with E-state index in [0.717, 1.165) is 13.2 Å². The van der Waals surface area contributed by atoms with Gasteiger partial charge in [0.05, 0.1) is 18.8 Å². The third-order valence-corrected chi connectivity index (χ3v) is 2.44. The normalized spacial score (nSPS) is 47.1. The van der Waals surface area contributed by atoms with Crippen LogP contribution in [0.3, 0.4) is 0 Å². The molecule has 2 heterocycles. The van der Waals surface area contributed by atoms with E-state index in [1.165, 1.54) is 12.8 Å². The first-order valence-electron chi connectivity index (χ1n) is 4.11. The summed E-state index contributed by atoms with van der Waals surface area (Å²) in [5.41, 5.74) is 0. The van der Waals surface area contributed by atoms with Crippen LogP contribution in [0.5, 0.6) is 0 Å². The van der Waals surface area contributed by atoms with Gasteiger partial charge in [-0.2, -0.15) is 0 Å². The molecule has 0 aliphatic carbocycles. The third-order valence-electron chi connectivity index (χ3n) is 2.44. The SMILES string of the molecule is C[C@@H]1CO[C@H]2CCCO[C@@H]12. The lowest BCUT2D eigenvalue weighted by Crippen LogP contribution is -2.33. The summed E-state index contributed by atoms with van der Waals surface area (Å²) in [6, 6.07) is 0. The van der Waals surface area contributed by atoms with Crippen molar-refractivity contribution in [2.75, 3.05) is 13.2 Å². The van der Waals surface area contributed by atoms with Gasteiger partial charge >= 0.3 is 0 Å². The Hall–Kier alpha value is -0.0800. The predicted molar refractivity (Wildman–Crippen MR) is 37.9 cm³/mol. The predicted octanol–water partition coefficient (Wildman–Crippen LogP) is 1.20. The fourth-order valence-corrected chi connectivity index (χ4v) is 1.85. The van der Waals surface area contributed by atoms with Crippen molar-refractivity contribution in [3.63, 3.8) is 0 Å². The fourth-order valence-electron chi connectivity index (χ4n) is 1.85. The van der Waals surface area contributed by atoms with Crippen molar-refractivity contribution in [1.82, 2.24) is 0 Å². The lowest BCUT2D eigenvalue weighted by Gasteiger charge is -2.26. The van der Waals surface area contributed by atoms with Gasteiger partial charge in [0.25, 0.3) is 0 Å². The van der Waals surface area contributed by atoms with Gasteiger partial charge in [-0.05, 0) is 12.8 Å². The van der Waals surface area contributed by atoms with Gasteiger partial charge in [0.1, 0.15) is 0 Å². The maximum atomic E-state index is 5.59. The number of rotatable bonds is 0. The summed E-state index contributed by atoms with van der Waals surface area (Å²) >= 11 is 0. The van der Waals surface area contributed by atoms with Crippen molar-refractivity contribution < 1.29 is 9.47 Å². The minimum Gasteiger partial charge on any atom is -0.375 e. The molecule has 2 saturated heterocycles. The first-order chi connectivity index (χ1) is 4.88. The molecule has 2 rings (SSSR count). The van der Waals surface area contributed by atoms with Gasteiger partial charge in [-0.1, -0.05) is 6.92 Å². The molecule has 0 N–H and O–H groups in total. The zero-order chi connectivity index (χ0) is 6.97. The van der Waals surface area contributed by atoms with Crippen molar-refractivity contribution in [3.05, 3.63) is 0 Å². The quantitative estimate of drug-likeness (QED) is 0.506. The van der Waals surface area contributed by atoms with Gasteiger partial charge in [0.2, 0.25) is 0 Å². The van der Waals surface area contributed by atoms with Crippen LogP contribution >= 0.6 is 0 Å². The third kappa shape index (κ3) is 0.956. The Morgan fingerprint density at radius 1 is 1.30 bits per heavy atom. The molecular weight excluding hydrogens is 128 g/mol. The Morgan fingerprint density at radius 3 is 3.00 bits per heavy atom. The molecule has 0 aromatic rings. The van der Waals surface area contributed by atoms with Gasteiger partial charge in [-0.15, -0.1) is 0 Å². The molecule has 2 aliphatic rings. The molecular formula is C8H14O2. The van der Waals surface area contributed by atoms with Gasteiger partial charge < -0.3 is 9.47 Å². The molecule has 0 spiro atoms. The van der Waals surface area contributed by atoms with Crippen LogP contribution in [-0.4, -0.2) is 25.4 Å². The van der Waals surface area contributed by atoms with Crippen LogP contribution in [0.15, 0.2) is 0 Å². The number of hydrogen-bond donors (Lipinski definition) is 0. The number of ether oxygens (including phenoxy) is 2. The summed E-state index contributed by atoms with van der Waals surface area (Å²) in [4.78, 5) is 0. The van der Waals surface area contributed by atoms with Gasteiger partial charge in [0, 0.05) is 12.5 Å². The number of hydrogen-bond acceptors (Lipinski definition) is 2. The molecule has 0 radical (unpaired) electrons. The highest BCUT2D eigenvalue weighted by Crippen LogP contribution is 2.29. The summed E-state index contributed by atoms with van der Waals surface area (Å²) in [5.74, 6) is 0.616. The number of fused-ring (bicyclic) bond motifs is 1. The van der Waals surface area contributed by atoms with E-state index in [1.54, 1.807) is 0 Å². The van der Waals surface area contributed by atoms with E-state index in [4.69, 9.17) is 9.47 Å². The molecule has 0 bridgehead atoms. The fraction of sp³-hybridized carbons (Fsp3) is 1.00. The molecule has 10 heavy (non-hydrogen) atoms. The van der Waals surface area contributed by atoms with Crippen LogP contribution in [0.2, 0.25) is 0 Å². The van der Waals surface area contributed by atoms with Crippen molar-refractivity contribution in [2.45, 2.75) is 32.0 Å². The van der Waals surface area contributed by atoms with Crippen LogP contribution in [0, 0.1) is 5.92 Å². The topological polar surface area (TPSA) is 18.5 Å². The van der Waals surface area contributed by atoms with E-state index in [9.17, 15) is 0 Å². The zero-order valence-electron chi connectivity index (χ0n) is 6.38. The van der Waals surface area contributed by atoms with Crippen molar-refractivity contribution in [1.29, 1.82) is 0 Å². The maximum Gasteiger partial charge on any atom is 0.0884 e. The Balaban J connectivity index is 2.01. The molecule has 0 aromatic carbocycles. The maximum absolute atomic E-state index is 5.59. The molecule has 0 aromatic heterocycles. The standard InChI is InChI=1S/C8H14O2/c1-6-5-10-7-3-2-4-9-8(6)7/h6-8H,2-5H2,1H3/t6-,7+,8+/m1/s1. The van der Waals surface area contributed by atoms with Crippen LogP contribution in [-0.2, 0) is 9.47 Å². The summed E-state index contributed by atoms with van der Waals surface area (Å²) in [6.45, 7) is 4.04. The molecule has 2 heteroatoms. The Morgan fingerprint density at radius 2 is 2.20 bits per heavy atom. The van der Waals surface area contributed by atoms with E-state index in [2.05, 4.69) is 6.92 Å². The monoisotopic (exact) mass is 142 g/mol. The summed E-state index contributed by atoms with van der Waals surface area (Å²) < 4.78 is 11.1. The van der Waals surface area contributed by atoms with Crippen LogP contribution < -0.4 is 0 Å². The van der Waals surface area contributed by atoms with E-state index >= 15 is 0 Å². The highest BCUT2D eigenvalue weighted by atomic mass is 16.6. The summed E-state index contributed by atoms with van der Waals surface area (Å²) in [6.07, 6.45) is 3.21. The average Bonchev–Trinajstić information content (AvgIpc) is 2.34.